The van der Waals surface area contributed by atoms with Gasteiger partial charge in [0.05, 0.1) is 0 Å². The van der Waals surface area contributed by atoms with Gasteiger partial charge in [-0.3, -0.25) is 0 Å². The molecule has 22 heavy (non-hydrogen) atoms. The molecule has 0 unspecified atom stereocenters. The Labute approximate surface area is 132 Å². The van der Waals surface area contributed by atoms with Crippen molar-refractivity contribution in [1.29, 1.82) is 0 Å². The number of hydrogen-bond donors (Lipinski definition) is 0. The molecule has 0 N–H and O–H groups in total. The van der Waals surface area contributed by atoms with Crippen molar-refractivity contribution in [2.75, 3.05) is 0 Å². The summed E-state index contributed by atoms with van der Waals surface area (Å²) in [6.07, 6.45) is 0. The zero-order valence-electron chi connectivity index (χ0n) is 13.9. The molecule has 0 heterocycles. The predicted molar refractivity (Wildman–Crippen MR) is 95.8 cm³/mol. The third kappa shape index (κ3) is 2.00. The monoisotopic (exact) mass is 340 g/mol. The van der Waals surface area contributed by atoms with Crippen LogP contribution in [-0.2, 0) is 12.4 Å². The normalized spacial score (nSPS) is 13.2. The van der Waals surface area contributed by atoms with Gasteiger partial charge in [0, 0.05) is 0 Å². The Morgan fingerprint density at radius 1 is 0.409 bits per heavy atom. The van der Waals surface area contributed by atoms with Gasteiger partial charge in [-0.15, -0.1) is 0 Å². The van der Waals surface area contributed by atoms with E-state index in [2.05, 4.69) is 108 Å². The molecule has 0 nitrogen and oxygen atoms in total. The molecule has 1 heteroatoms. The van der Waals surface area contributed by atoms with Crippen molar-refractivity contribution in [2.45, 2.75) is 16.6 Å². The van der Waals surface area contributed by atoms with Crippen LogP contribution < -0.4 is 12.5 Å². The summed E-state index contributed by atoms with van der Waals surface area (Å²) in [5, 5.41) is 0. The summed E-state index contributed by atoms with van der Waals surface area (Å²) in [5.74, 6) is 0. The molecule has 0 aliphatic rings. The first kappa shape index (κ1) is 15.2. The van der Waals surface area contributed by atoms with E-state index in [1.165, 1.54) is 12.5 Å². The molecule has 0 saturated carbocycles. The zero-order valence-corrected chi connectivity index (χ0v) is 16.8. The summed E-state index contributed by atoms with van der Waals surface area (Å²) in [7, 11) is 0. The van der Waals surface area contributed by atoms with Gasteiger partial charge in [-0.1, -0.05) is 0 Å². The van der Waals surface area contributed by atoms with Crippen molar-refractivity contribution >= 4 is 12.5 Å². The van der Waals surface area contributed by atoms with Gasteiger partial charge in [0.1, 0.15) is 0 Å². The van der Waals surface area contributed by atoms with Gasteiger partial charge in [-0.05, 0) is 0 Å². The summed E-state index contributed by atoms with van der Waals surface area (Å²) in [5.41, 5.74) is 7.65. The van der Waals surface area contributed by atoms with Crippen LogP contribution in [0.5, 0.6) is 0 Å². The summed E-state index contributed by atoms with van der Waals surface area (Å²) in [6.45, 7) is 0. The Bertz CT molecular complexity index is 670. The van der Waals surface area contributed by atoms with E-state index in [0.717, 1.165) is 0 Å². The molecule has 0 saturated heterocycles. The van der Waals surface area contributed by atoms with Crippen LogP contribution in [0.25, 0.3) is 0 Å². The van der Waals surface area contributed by atoms with Gasteiger partial charge in [-0.25, -0.2) is 0 Å². The Hall–Kier alpha value is -1.72. The fraction of sp³-hybridized carbons (Fsp3) is 0.143. The molecule has 0 spiro atoms. The number of benzene rings is 3. The molecule has 0 fully saturated rings. The third-order valence-corrected chi connectivity index (χ3v) is 31.0. The Balaban J connectivity index is 2.49. The summed E-state index contributed by atoms with van der Waals surface area (Å²) in [4.78, 5) is 0. The van der Waals surface area contributed by atoms with Gasteiger partial charge >= 0.3 is 132 Å². The van der Waals surface area contributed by atoms with Crippen molar-refractivity contribution in [3.05, 3.63) is 91.0 Å². The van der Waals surface area contributed by atoms with E-state index in [4.69, 9.17) is 0 Å². The minimum absolute atomic E-state index is 1.49. The molecule has 3 rings (SSSR count). The first-order valence-corrected chi connectivity index (χ1v) is 22.3. The van der Waals surface area contributed by atoms with Gasteiger partial charge < -0.3 is 0 Å². The fourth-order valence-corrected chi connectivity index (χ4v) is 21.5. The molecule has 0 aliphatic heterocycles. The van der Waals surface area contributed by atoms with Crippen LogP contribution in [0.1, 0.15) is 0 Å². The zero-order chi connectivity index (χ0) is 15.7. The maximum atomic E-state index is 2.55. The molecular formula is C21H24Zn. The minimum atomic E-state index is -4.16. The first-order chi connectivity index (χ1) is 10.4. The third-order valence-electron chi connectivity index (χ3n) is 7.43. The second kappa shape index (κ2) is 4.64. The second-order valence-electron chi connectivity index (χ2n) is 10.3. The van der Waals surface area contributed by atoms with Crippen LogP contribution in [0.15, 0.2) is 91.0 Å². The van der Waals surface area contributed by atoms with Crippen molar-refractivity contribution < 1.29 is 12.4 Å². The molecule has 3 aromatic carbocycles. The number of rotatable bonds is 3. The van der Waals surface area contributed by atoms with Crippen molar-refractivity contribution in [3.8, 4) is 0 Å². The van der Waals surface area contributed by atoms with Crippen molar-refractivity contribution in [3.63, 3.8) is 0 Å². The average molecular weight is 342 g/mol. The molecule has 0 amide bonds. The molecular weight excluding hydrogens is 318 g/mol. The van der Waals surface area contributed by atoms with Crippen LogP contribution in [0.2, 0.25) is 16.6 Å². The van der Waals surface area contributed by atoms with E-state index in [1.807, 2.05) is 0 Å². The molecule has 0 aliphatic carbocycles. The summed E-state index contributed by atoms with van der Waals surface area (Å²) in [6, 6.07) is 33.3. The molecule has 3 aromatic rings. The molecule has 110 valence electrons. The van der Waals surface area contributed by atoms with Crippen LogP contribution >= 0.6 is 0 Å². The van der Waals surface area contributed by atoms with Crippen LogP contribution in [0.3, 0.4) is 0 Å². The Morgan fingerprint density at radius 2 is 0.636 bits per heavy atom. The Kier molecular flexibility index (Phi) is 3.20. The van der Waals surface area contributed by atoms with Gasteiger partial charge in [0.15, 0.2) is 0 Å². The maximum absolute atomic E-state index is 4.16. The standard InChI is InChI=1S/3C6H5.3CH3.Zn/c3*1-2-4-6-5-3-1;;;;/h3*1-5H;3*1H3;. The molecule has 0 aromatic heterocycles. The topological polar surface area (TPSA) is 0 Å². The first-order valence-electron chi connectivity index (χ1n) is 8.91. The van der Waals surface area contributed by atoms with Crippen LogP contribution in [0.4, 0.5) is 0 Å². The SMILES string of the molecule is [CH3][Zn]([CH3])([CH3])([c]1ccccc1)([c]1ccccc1)[c]1ccccc1. The summed E-state index contributed by atoms with van der Waals surface area (Å²) >= 11 is -4.16. The Morgan fingerprint density at radius 3 is 0.864 bits per heavy atom. The van der Waals surface area contributed by atoms with Gasteiger partial charge in [-0.2, -0.15) is 0 Å². The van der Waals surface area contributed by atoms with E-state index in [0.29, 0.717) is 0 Å². The van der Waals surface area contributed by atoms with Crippen molar-refractivity contribution in [1.82, 2.24) is 0 Å². The number of hydrogen-bond acceptors (Lipinski definition) is 0. The molecule has 0 atom stereocenters. The predicted octanol–water partition coefficient (Wildman–Crippen LogP) is 4.33. The van der Waals surface area contributed by atoms with Crippen LogP contribution in [0, 0.1) is 0 Å². The van der Waals surface area contributed by atoms with E-state index >= 15 is 0 Å². The molecule has 0 bridgehead atoms. The van der Waals surface area contributed by atoms with Crippen LogP contribution in [-0.4, -0.2) is 0 Å². The van der Waals surface area contributed by atoms with E-state index < -0.39 is 12.4 Å². The van der Waals surface area contributed by atoms with Gasteiger partial charge in [0.25, 0.3) is 0 Å². The molecule has 0 radical (unpaired) electrons. The van der Waals surface area contributed by atoms with Crippen molar-refractivity contribution in [2.24, 2.45) is 0 Å². The fourth-order valence-electron chi connectivity index (χ4n) is 4.97. The average Bonchev–Trinajstić information content (AvgIpc) is 2.58. The second-order valence-corrected chi connectivity index (χ2v) is 39.9. The van der Waals surface area contributed by atoms with E-state index in [1.54, 1.807) is 0 Å². The quantitative estimate of drug-likeness (QED) is 0.622. The van der Waals surface area contributed by atoms with E-state index in [-0.39, 0.29) is 0 Å². The van der Waals surface area contributed by atoms with Gasteiger partial charge in [0.2, 0.25) is 0 Å². The van der Waals surface area contributed by atoms with E-state index in [9.17, 15) is 0 Å². The summed E-state index contributed by atoms with van der Waals surface area (Å²) < 4.78 is 4.48.